The van der Waals surface area contributed by atoms with E-state index in [1.54, 1.807) is 24.3 Å². The molecule has 0 amide bonds. The van der Waals surface area contributed by atoms with Gasteiger partial charge < -0.3 is 28.4 Å². The Hall–Kier alpha value is -2.80. The zero-order chi connectivity index (χ0) is 27.1. The van der Waals surface area contributed by atoms with Crippen LogP contribution in [0.3, 0.4) is 0 Å². The maximum Gasteiger partial charge on any atom is 0.338 e. The van der Waals surface area contributed by atoms with Crippen LogP contribution in [0.1, 0.15) is 34.6 Å². The number of hydrogen-bond acceptors (Lipinski definition) is 10. The van der Waals surface area contributed by atoms with Gasteiger partial charge in [0, 0.05) is 29.9 Å². The number of hydrogen-bond donors (Lipinski definition) is 0. The van der Waals surface area contributed by atoms with Crippen molar-refractivity contribution in [3.8, 4) is 0 Å². The lowest BCUT2D eigenvalue weighted by atomic mass is 9.98. The average Bonchev–Trinajstić information content (AvgIpc) is 2.85. The first-order valence-electron chi connectivity index (χ1n) is 11.0. The summed E-state index contributed by atoms with van der Waals surface area (Å²) in [6.45, 7) is 2.01. The molecule has 0 saturated carbocycles. The molecule has 2 aromatic rings. The van der Waals surface area contributed by atoms with Crippen molar-refractivity contribution in [2.75, 3.05) is 13.7 Å². The molecule has 37 heavy (non-hydrogen) atoms. The predicted molar refractivity (Wildman–Crippen MR) is 135 cm³/mol. The van der Waals surface area contributed by atoms with Crippen molar-refractivity contribution in [2.24, 2.45) is 0 Å². The van der Waals surface area contributed by atoms with Crippen LogP contribution in [0.5, 0.6) is 0 Å². The summed E-state index contributed by atoms with van der Waals surface area (Å²) < 4.78 is 34.7. The van der Waals surface area contributed by atoms with Crippen LogP contribution in [0.25, 0.3) is 0 Å². The lowest BCUT2D eigenvalue weighted by Gasteiger charge is -2.43. The number of carbonyl (C=O) groups is 4. The van der Waals surface area contributed by atoms with Gasteiger partial charge in [-0.25, -0.2) is 9.59 Å². The number of halogens is 2. The highest BCUT2D eigenvalue weighted by Gasteiger charge is 2.53. The summed E-state index contributed by atoms with van der Waals surface area (Å²) in [5.74, 6) is -2.86. The lowest BCUT2D eigenvalue weighted by molar-refractivity contribution is -0.295. The van der Waals surface area contributed by atoms with Gasteiger partial charge in [-0.2, -0.15) is 0 Å². The van der Waals surface area contributed by atoms with Crippen LogP contribution in [0.4, 0.5) is 0 Å². The van der Waals surface area contributed by atoms with Crippen LogP contribution in [-0.2, 0) is 38.0 Å². The fourth-order valence-electron chi connectivity index (χ4n) is 3.55. The van der Waals surface area contributed by atoms with Crippen LogP contribution < -0.4 is 0 Å². The zero-order valence-electron chi connectivity index (χ0n) is 20.1. The molecule has 0 spiro atoms. The molecule has 1 fully saturated rings. The molecule has 1 heterocycles. The molecule has 3 rings (SSSR count). The minimum Gasteiger partial charge on any atom is -0.463 e. The monoisotopic (exact) mass is 642 g/mol. The molecule has 198 valence electrons. The Kier molecular flexibility index (Phi) is 10.2. The summed E-state index contributed by atoms with van der Waals surface area (Å²) in [6.07, 6.45) is -6.37. The topological polar surface area (TPSA) is 124 Å². The SMILES string of the molecule is CO[C@@H]1O[C@H](COC(C)=O)[C@@H](OC(C)=O)[C@H](OC(=O)c2ccc(Br)cc2)[C@H]1OC(=O)c1ccc(Br)cc1. The highest BCUT2D eigenvalue weighted by atomic mass is 79.9. The maximum atomic E-state index is 13.1. The molecule has 0 unspecified atom stereocenters. The van der Waals surface area contributed by atoms with Crippen molar-refractivity contribution in [1.82, 2.24) is 0 Å². The first-order valence-corrected chi connectivity index (χ1v) is 12.6. The highest BCUT2D eigenvalue weighted by Crippen LogP contribution is 2.31. The van der Waals surface area contributed by atoms with Gasteiger partial charge >= 0.3 is 23.9 Å². The Morgan fingerprint density at radius 2 is 1.22 bits per heavy atom. The molecule has 0 aromatic heterocycles. The number of rotatable bonds is 8. The second-order valence-corrected chi connectivity index (χ2v) is 9.74. The van der Waals surface area contributed by atoms with E-state index < -0.39 is 54.6 Å². The van der Waals surface area contributed by atoms with E-state index in [1.165, 1.54) is 38.3 Å². The molecular weight excluding hydrogens is 620 g/mol. The molecule has 5 atom stereocenters. The van der Waals surface area contributed by atoms with E-state index >= 15 is 0 Å². The molecule has 2 aromatic carbocycles. The second kappa shape index (κ2) is 13.1. The predicted octanol–water partition coefficient (Wildman–Crippen LogP) is 3.83. The standard InChI is InChI=1S/C25H24Br2O10/c1-13(28)33-12-19-20(34-14(2)29)21(36-23(30)15-4-8-17(26)9-5-15)22(25(32-3)35-19)37-24(31)16-6-10-18(27)11-7-16/h4-11,19-22,25H,12H2,1-3H3/t19-,20-,21+,22-,25-/m1/s1. The second-order valence-electron chi connectivity index (χ2n) is 7.91. The summed E-state index contributed by atoms with van der Waals surface area (Å²) >= 11 is 6.60. The van der Waals surface area contributed by atoms with E-state index in [2.05, 4.69) is 31.9 Å². The van der Waals surface area contributed by atoms with Crippen molar-refractivity contribution < 1.29 is 47.6 Å². The zero-order valence-corrected chi connectivity index (χ0v) is 23.2. The molecule has 1 saturated heterocycles. The largest absolute Gasteiger partial charge is 0.463 e. The molecule has 0 bridgehead atoms. The van der Waals surface area contributed by atoms with Gasteiger partial charge in [-0.1, -0.05) is 31.9 Å². The third kappa shape index (κ3) is 7.84. The Labute approximate surface area is 229 Å². The lowest BCUT2D eigenvalue weighted by Crippen LogP contribution is -2.62. The Bertz CT molecular complexity index is 1120. The number of benzene rings is 2. The Morgan fingerprint density at radius 1 is 0.730 bits per heavy atom. The van der Waals surface area contributed by atoms with Crippen molar-refractivity contribution in [1.29, 1.82) is 0 Å². The van der Waals surface area contributed by atoms with Gasteiger partial charge in [0.05, 0.1) is 11.1 Å². The molecule has 0 aliphatic carbocycles. The van der Waals surface area contributed by atoms with Crippen molar-refractivity contribution in [3.63, 3.8) is 0 Å². The minimum atomic E-state index is -1.38. The van der Waals surface area contributed by atoms with Gasteiger partial charge in [0.2, 0.25) is 0 Å². The van der Waals surface area contributed by atoms with Crippen molar-refractivity contribution >= 4 is 55.7 Å². The van der Waals surface area contributed by atoms with Gasteiger partial charge in [0.15, 0.2) is 24.6 Å². The molecular formula is C25H24Br2O10. The molecule has 1 aliphatic rings. The summed E-state index contributed by atoms with van der Waals surface area (Å²) in [7, 11) is 1.30. The van der Waals surface area contributed by atoms with E-state index in [0.29, 0.717) is 0 Å². The van der Waals surface area contributed by atoms with Crippen molar-refractivity contribution in [3.05, 3.63) is 68.6 Å². The normalized spacial score (nSPS) is 23.0. The molecule has 0 N–H and O–H groups in total. The van der Waals surface area contributed by atoms with Crippen LogP contribution in [0.2, 0.25) is 0 Å². The maximum absolute atomic E-state index is 13.1. The van der Waals surface area contributed by atoms with Crippen LogP contribution >= 0.6 is 31.9 Å². The van der Waals surface area contributed by atoms with E-state index in [9.17, 15) is 19.2 Å². The fourth-order valence-corrected chi connectivity index (χ4v) is 4.08. The fraction of sp³-hybridized carbons (Fsp3) is 0.360. The highest BCUT2D eigenvalue weighted by molar-refractivity contribution is 9.10. The Morgan fingerprint density at radius 3 is 1.65 bits per heavy atom. The number of ether oxygens (including phenoxy) is 6. The molecule has 10 nitrogen and oxygen atoms in total. The summed E-state index contributed by atoms with van der Waals surface area (Å²) in [5.41, 5.74) is 0.405. The van der Waals surface area contributed by atoms with Gasteiger partial charge in [0.1, 0.15) is 12.7 Å². The van der Waals surface area contributed by atoms with E-state index in [-0.39, 0.29) is 17.7 Å². The van der Waals surface area contributed by atoms with E-state index in [1.807, 2.05) is 0 Å². The molecule has 0 radical (unpaired) electrons. The van der Waals surface area contributed by atoms with E-state index in [4.69, 9.17) is 28.4 Å². The van der Waals surface area contributed by atoms with E-state index in [0.717, 1.165) is 15.9 Å². The number of esters is 4. The van der Waals surface area contributed by atoms with Gasteiger partial charge in [-0.3, -0.25) is 9.59 Å². The van der Waals surface area contributed by atoms with Gasteiger partial charge in [-0.05, 0) is 48.5 Å². The minimum absolute atomic E-state index is 0.194. The summed E-state index contributed by atoms with van der Waals surface area (Å²) in [6, 6.07) is 12.7. The van der Waals surface area contributed by atoms with Crippen LogP contribution in [0.15, 0.2) is 57.5 Å². The number of carbonyl (C=O) groups excluding carboxylic acids is 4. The van der Waals surface area contributed by atoms with Crippen molar-refractivity contribution in [2.45, 2.75) is 44.6 Å². The average molecular weight is 644 g/mol. The molecule has 1 aliphatic heterocycles. The summed E-state index contributed by atoms with van der Waals surface area (Å²) in [5, 5.41) is 0. The smallest absolute Gasteiger partial charge is 0.338 e. The Balaban J connectivity index is 1.98. The first kappa shape index (κ1) is 28.8. The first-order chi connectivity index (χ1) is 17.6. The van der Waals surface area contributed by atoms with Crippen LogP contribution in [-0.4, -0.2) is 68.3 Å². The van der Waals surface area contributed by atoms with Crippen LogP contribution in [0, 0.1) is 0 Å². The summed E-state index contributed by atoms with van der Waals surface area (Å²) in [4.78, 5) is 49.5. The third-order valence-corrected chi connectivity index (χ3v) is 6.28. The quantitative estimate of drug-likeness (QED) is 0.310. The number of methoxy groups -OCH3 is 1. The molecule has 12 heteroatoms. The van der Waals surface area contributed by atoms with Gasteiger partial charge in [0.25, 0.3) is 0 Å². The van der Waals surface area contributed by atoms with Gasteiger partial charge in [-0.15, -0.1) is 0 Å². The third-order valence-electron chi connectivity index (χ3n) is 5.22.